The summed E-state index contributed by atoms with van der Waals surface area (Å²) in [5.74, 6) is 4.19. The van der Waals surface area contributed by atoms with Crippen molar-refractivity contribution in [3.05, 3.63) is 53.7 Å². The van der Waals surface area contributed by atoms with Gasteiger partial charge in [-0.15, -0.1) is 0 Å². The van der Waals surface area contributed by atoms with Crippen molar-refractivity contribution < 1.29 is 4.74 Å². The Morgan fingerprint density at radius 1 is 1.12 bits per heavy atom. The average molecular weight is 462 g/mol. The molecule has 34 heavy (non-hydrogen) atoms. The maximum atomic E-state index is 6.32. The van der Waals surface area contributed by atoms with Gasteiger partial charge in [-0.2, -0.15) is 0 Å². The molecule has 2 heterocycles. The van der Waals surface area contributed by atoms with Crippen LogP contribution in [0.2, 0.25) is 0 Å². The average Bonchev–Trinajstić information content (AvgIpc) is 3.75. The van der Waals surface area contributed by atoms with Crippen LogP contribution in [0.15, 0.2) is 52.4 Å². The van der Waals surface area contributed by atoms with E-state index in [1.807, 2.05) is 30.3 Å². The number of nitrogens with two attached hydrogens (primary N) is 1. The Morgan fingerprint density at radius 3 is 2.53 bits per heavy atom. The molecule has 2 saturated carbocycles. The lowest BCUT2D eigenvalue weighted by Gasteiger charge is -2.40. The van der Waals surface area contributed by atoms with Crippen molar-refractivity contribution in [2.24, 2.45) is 33.5 Å². The molecule has 0 radical (unpaired) electrons. The van der Waals surface area contributed by atoms with Gasteiger partial charge < -0.3 is 21.1 Å². The van der Waals surface area contributed by atoms with Gasteiger partial charge >= 0.3 is 0 Å². The van der Waals surface area contributed by atoms with Gasteiger partial charge in [0, 0.05) is 12.5 Å². The van der Waals surface area contributed by atoms with Gasteiger partial charge in [-0.1, -0.05) is 25.1 Å². The second-order valence-corrected chi connectivity index (χ2v) is 9.80. The molecule has 8 heteroatoms. The number of ether oxygens (including phenoxy) is 1. The Kier molecular flexibility index (Phi) is 6.06. The number of hydrogen-bond acceptors (Lipinski definition) is 6. The van der Waals surface area contributed by atoms with Crippen LogP contribution in [-0.2, 0) is 12.2 Å². The predicted molar refractivity (Wildman–Crippen MR) is 136 cm³/mol. The number of pyridine rings is 1. The van der Waals surface area contributed by atoms with Gasteiger partial charge in [-0.25, -0.2) is 15.0 Å². The van der Waals surface area contributed by atoms with Crippen LogP contribution in [0.25, 0.3) is 0 Å². The molecule has 5 N–H and O–H groups in total. The van der Waals surface area contributed by atoms with E-state index >= 15 is 0 Å². The van der Waals surface area contributed by atoms with E-state index in [1.54, 1.807) is 7.11 Å². The Balaban J connectivity index is 1.42. The van der Waals surface area contributed by atoms with Crippen molar-refractivity contribution in [2.45, 2.75) is 57.8 Å². The third-order valence-electron chi connectivity index (χ3n) is 7.25. The van der Waals surface area contributed by atoms with Crippen LogP contribution in [0, 0.1) is 17.8 Å². The van der Waals surface area contributed by atoms with Gasteiger partial charge in [-0.05, 0) is 74.3 Å². The monoisotopic (exact) mass is 461 g/mol. The molecule has 0 saturated heterocycles. The van der Waals surface area contributed by atoms with Gasteiger partial charge in [0.05, 0.1) is 18.8 Å². The summed E-state index contributed by atoms with van der Waals surface area (Å²) < 4.78 is 5.25. The summed E-state index contributed by atoms with van der Waals surface area (Å²) in [5, 5.41) is 10.2. The van der Waals surface area contributed by atoms with E-state index in [4.69, 9.17) is 25.4 Å². The van der Waals surface area contributed by atoms with Gasteiger partial charge in [0.15, 0.2) is 11.6 Å². The summed E-state index contributed by atoms with van der Waals surface area (Å²) in [6, 6.07) is 14.3. The second kappa shape index (κ2) is 9.16. The van der Waals surface area contributed by atoms with Crippen LogP contribution in [0.4, 0.5) is 5.82 Å². The fourth-order valence-electron chi connectivity index (χ4n) is 4.72. The minimum Gasteiger partial charge on any atom is -0.497 e. The number of anilines is 1. The molecule has 5 rings (SSSR count). The predicted octanol–water partition coefficient (Wildman–Crippen LogP) is 3.56. The minimum absolute atomic E-state index is 0.221. The van der Waals surface area contributed by atoms with Crippen molar-refractivity contribution >= 4 is 17.7 Å². The lowest BCUT2D eigenvalue weighted by atomic mass is 9.86. The number of nitrogens with one attached hydrogen (secondary N) is 3. The highest BCUT2D eigenvalue weighted by Gasteiger charge is 2.49. The number of methoxy groups -OCH3 is 1. The van der Waals surface area contributed by atoms with Gasteiger partial charge in [0.1, 0.15) is 11.6 Å². The van der Waals surface area contributed by atoms with Crippen LogP contribution >= 0.6 is 0 Å². The summed E-state index contributed by atoms with van der Waals surface area (Å²) in [6.07, 6.45) is 4.89. The van der Waals surface area contributed by atoms with Crippen molar-refractivity contribution in [3.63, 3.8) is 0 Å². The molecular formula is C26H35N7O. The van der Waals surface area contributed by atoms with E-state index in [0.29, 0.717) is 30.3 Å². The largest absolute Gasteiger partial charge is 0.497 e. The standard InChI is InChI=1S/C26H35N7O/c1-16(19-9-10-19)26(32-24(27)31-25(33-26)29-17(2)20-11-12-20)22-5-4-6-23(30-22)28-15-18-7-13-21(34-3)14-8-18/h4-8,13-14,16-17,19-20H,9-12,15H2,1-3H3,(H,28,30)(H4,27,29,31,32,33)/t16-,17-,26?/m1/s1. The van der Waals surface area contributed by atoms with Crippen LogP contribution < -0.4 is 26.4 Å². The summed E-state index contributed by atoms with van der Waals surface area (Å²) in [5.41, 5.74) is 7.57. The maximum Gasteiger partial charge on any atom is 0.200 e. The van der Waals surface area contributed by atoms with Gasteiger partial charge in [0.25, 0.3) is 0 Å². The molecule has 8 nitrogen and oxygen atoms in total. The van der Waals surface area contributed by atoms with E-state index < -0.39 is 5.66 Å². The molecule has 0 bridgehead atoms. The Bertz CT molecular complexity index is 1070. The number of benzene rings is 1. The number of aliphatic imine (C=N–C) groups is 2. The van der Waals surface area contributed by atoms with Crippen LogP contribution in [0.3, 0.4) is 0 Å². The molecule has 0 spiro atoms. The number of guanidine groups is 2. The highest BCUT2D eigenvalue weighted by molar-refractivity contribution is 6.00. The zero-order valence-electron chi connectivity index (χ0n) is 20.2. The topological polar surface area (TPSA) is 109 Å². The number of rotatable bonds is 9. The Labute approximate surface area is 201 Å². The summed E-state index contributed by atoms with van der Waals surface area (Å²) in [7, 11) is 1.67. The molecule has 2 fully saturated rings. The van der Waals surface area contributed by atoms with Crippen molar-refractivity contribution in [1.82, 2.24) is 15.6 Å². The van der Waals surface area contributed by atoms with Gasteiger partial charge in [0.2, 0.25) is 5.96 Å². The zero-order chi connectivity index (χ0) is 23.7. The molecular weight excluding hydrogens is 426 g/mol. The molecule has 1 aliphatic heterocycles. The van der Waals surface area contributed by atoms with Crippen molar-refractivity contribution in [2.75, 3.05) is 12.4 Å². The third-order valence-corrected chi connectivity index (χ3v) is 7.25. The fourth-order valence-corrected chi connectivity index (χ4v) is 4.72. The summed E-state index contributed by atoms with van der Waals surface area (Å²) in [6.45, 7) is 5.08. The lowest BCUT2D eigenvalue weighted by molar-refractivity contribution is 0.230. The molecule has 1 aromatic heterocycles. The molecule has 2 aromatic rings. The summed E-state index contributed by atoms with van der Waals surface area (Å²) >= 11 is 0. The van der Waals surface area contributed by atoms with E-state index in [1.165, 1.54) is 25.7 Å². The first-order chi connectivity index (χ1) is 16.5. The fraction of sp³-hybridized carbons (Fsp3) is 0.500. The first-order valence-electron chi connectivity index (χ1n) is 12.3. The molecule has 1 aromatic carbocycles. The second-order valence-electron chi connectivity index (χ2n) is 9.80. The smallest absolute Gasteiger partial charge is 0.200 e. The highest BCUT2D eigenvalue weighted by atomic mass is 16.5. The Hall–Kier alpha value is -3.29. The van der Waals surface area contributed by atoms with Crippen molar-refractivity contribution in [1.29, 1.82) is 0 Å². The van der Waals surface area contributed by atoms with Gasteiger partial charge in [-0.3, -0.25) is 5.32 Å². The normalized spacial score (nSPS) is 25.0. The van der Waals surface area contributed by atoms with E-state index in [2.05, 4.69) is 41.9 Å². The SMILES string of the molecule is COc1ccc(CNc2cccc(C3([C@H](C)C4CC4)N=C(N)NC(=N[C@H](C)C4CC4)N3)n2)cc1. The van der Waals surface area contributed by atoms with Crippen LogP contribution in [-0.4, -0.2) is 30.1 Å². The van der Waals surface area contributed by atoms with Crippen LogP contribution in [0.5, 0.6) is 5.75 Å². The summed E-state index contributed by atoms with van der Waals surface area (Å²) in [4.78, 5) is 14.9. The third kappa shape index (κ3) is 4.81. The molecule has 3 aliphatic rings. The maximum absolute atomic E-state index is 6.32. The van der Waals surface area contributed by atoms with E-state index in [0.717, 1.165) is 22.8 Å². The first kappa shape index (κ1) is 22.5. The zero-order valence-corrected chi connectivity index (χ0v) is 20.2. The quantitative estimate of drug-likeness (QED) is 0.455. The van der Waals surface area contributed by atoms with Crippen molar-refractivity contribution in [3.8, 4) is 5.75 Å². The molecule has 1 unspecified atom stereocenters. The molecule has 2 aliphatic carbocycles. The minimum atomic E-state index is -0.754. The number of aromatic nitrogens is 1. The molecule has 3 atom stereocenters. The molecule has 0 amide bonds. The van der Waals surface area contributed by atoms with E-state index in [9.17, 15) is 0 Å². The number of hydrogen-bond donors (Lipinski definition) is 4. The highest BCUT2D eigenvalue weighted by Crippen LogP contribution is 2.46. The lowest BCUT2D eigenvalue weighted by Crippen LogP contribution is -2.62. The first-order valence-corrected chi connectivity index (χ1v) is 12.3. The van der Waals surface area contributed by atoms with E-state index in [-0.39, 0.29) is 12.0 Å². The Morgan fingerprint density at radius 2 is 1.85 bits per heavy atom. The van der Waals surface area contributed by atoms with Crippen LogP contribution in [0.1, 0.15) is 50.8 Å². The molecule has 180 valence electrons. The number of nitrogens with zero attached hydrogens (tertiary/aromatic N) is 3.